The number of halogens is 2. The molecule has 134 valence electrons. The lowest BCUT2D eigenvalue weighted by Crippen LogP contribution is -2.12. The molecule has 0 aliphatic carbocycles. The van der Waals surface area contributed by atoms with Crippen LogP contribution in [-0.2, 0) is 4.74 Å². The van der Waals surface area contributed by atoms with Gasteiger partial charge in [0, 0.05) is 10.1 Å². The second-order valence-corrected chi connectivity index (χ2v) is 7.08. The molecule has 1 N–H and O–H groups in total. The number of carbonyl (C=O) groups excluding carboxylic acids is 2. The molecular formula is C18H13Cl2NO4S. The highest BCUT2D eigenvalue weighted by Crippen LogP contribution is 2.38. The van der Waals surface area contributed by atoms with Crippen LogP contribution in [0.2, 0.25) is 10.0 Å². The van der Waals surface area contributed by atoms with E-state index in [1.807, 2.05) is 6.07 Å². The van der Waals surface area contributed by atoms with Crippen molar-refractivity contribution < 1.29 is 19.1 Å². The van der Waals surface area contributed by atoms with Gasteiger partial charge < -0.3 is 14.8 Å². The third-order valence-electron chi connectivity index (χ3n) is 3.68. The minimum Gasteiger partial charge on any atom is -0.497 e. The maximum Gasteiger partial charge on any atom is 0.337 e. The molecule has 2 aromatic carbocycles. The van der Waals surface area contributed by atoms with E-state index in [0.29, 0.717) is 26.4 Å². The SMILES string of the molecule is COC(=O)c1ccc(Cl)c(NC(=O)c2sc3ccc(OC)cc3c2Cl)c1. The number of benzene rings is 2. The Morgan fingerprint density at radius 3 is 2.54 bits per heavy atom. The van der Waals surface area contributed by atoms with Gasteiger partial charge >= 0.3 is 5.97 Å². The van der Waals surface area contributed by atoms with Gasteiger partial charge in [-0.15, -0.1) is 11.3 Å². The molecule has 5 nitrogen and oxygen atoms in total. The Kier molecular flexibility index (Phi) is 5.36. The van der Waals surface area contributed by atoms with E-state index in [1.165, 1.54) is 36.6 Å². The highest BCUT2D eigenvalue weighted by molar-refractivity contribution is 7.21. The van der Waals surface area contributed by atoms with Gasteiger partial charge in [0.05, 0.1) is 35.5 Å². The van der Waals surface area contributed by atoms with Gasteiger partial charge in [0.25, 0.3) is 5.91 Å². The predicted molar refractivity (Wildman–Crippen MR) is 104 cm³/mol. The van der Waals surface area contributed by atoms with Crippen LogP contribution in [0.25, 0.3) is 10.1 Å². The maximum atomic E-state index is 12.7. The molecule has 0 unspecified atom stereocenters. The number of esters is 1. The first kappa shape index (κ1) is 18.5. The number of ether oxygens (including phenoxy) is 2. The van der Waals surface area contributed by atoms with Gasteiger partial charge in [-0.05, 0) is 36.4 Å². The Morgan fingerprint density at radius 2 is 1.85 bits per heavy atom. The van der Waals surface area contributed by atoms with Crippen LogP contribution in [-0.4, -0.2) is 26.1 Å². The molecule has 3 aromatic rings. The molecule has 1 amide bonds. The Hall–Kier alpha value is -2.28. The van der Waals surface area contributed by atoms with Crippen LogP contribution in [0, 0.1) is 0 Å². The smallest absolute Gasteiger partial charge is 0.337 e. The predicted octanol–water partition coefficient (Wildman–Crippen LogP) is 5.26. The van der Waals surface area contributed by atoms with Crippen molar-refractivity contribution in [3.8, 4) is 5.75 Å². The number of thiophene rings is 1. The molecule has 0 aliphatic heterocycles. The Bertz CT molecular complexity index is 1020. The molecular weight excluding hydrogens is 397 g/mol. The van der Waals surface area contributed by atoms with Crippen molar-refractivity contribution in [3.05, 3.63) is 56.9 Å². The zero-order valence-corrected chi connectivity index (χ0v) is 16.1. The van der Waals surface area contributed by atoms with Gasteiger partial charge in [0.15, 0.2) is 0 Å². The standard InChI is InChI=1S/C18H13Cl2NO4S/c1-24-10-4-6-14-11(8-10)15(20)16(26-14)17(22)21-13-7-9(18(23)25-2)3-5-12(13)19/h3-8H,1-2H3,(H,21,22). The Labute approximate surface area is 163 Å². The largest absolute Gasteiger partial charge is 0.497 e. The van der Waals surface area contributed by atoms with Crippen LogP contribution in [0.4, 0.5) is 5.69 Å². The van der Waals surface area contributed by atoms with Crippen LogP contribution in [0.1, 0.15) is 20.0 Å². The van der Waals surface area contributed by atoms with Crippen LogP contribution in [0.15, 0.2) is 36.4 Å². The summed E-state index contributed by atoms with van der Waals surface area (Å²) in [7, 11) is 2.84. The van der Waals surface area contributed by atoms with E-state index in [0.717, 1.165) is 10.1 Å². The first-order valence-corrected chi connectivity index (χ1v) is 8.97. The van der Waals surface area contributed by atoms with Crippen LogP contribution < -0.4 is 10.1 Å². The van der Waals surface area contributed by atoms with Crippen molar-refractivity contribution in [1.82, 2.24) is 0 Å². The van der Waals surface area contributed by atoms with E-state index >= 15 is 0 Å². The summed E-state index contributed by atoms with van der Waals surface area (Å²) in [6.45, 7) is 0. The van der Waals surface area contributed by atoms with Crippen molar-refractivity contribution in [2.75, 3.05) is 19.5 Å². The number of hydrogen-bond acceptors (Lipinski definition) is 5. The Balaban J connectivity index is 1.94. The first-order chi connectivity index (χ1) is 12.4. The number of rotatable bonds is 4. The van der Waals surface area contributed by atoms with Gasteiger partial charge in [-0.2, -0.15) is 0 Å². The van der Waals surface area contributed by atoms with Crippen LogP contribution in [0.5, 0.6) is 5.75 Å². The topological polar surface area (TPSA) is 64.6 Å². The summed E-state index contributed by atoms with van der Waals surface area (Å²) in [5.74, 6) is -0.291. The van der Waals surface area contributed by atoms with Crippen molar-refractivity contribution in [2.24, 2.45) is 0 Å². The van der Waals surface area contributed by atoms with Gasteiger partial charge in [-0.3, -0.25) is 4.79 Å². The number of amides is 1. The van der Waals surface area contributed by atoms with Gasteiger partial charge in [-0.25, -0.2) is 4.79 Å². The molecule has 3 rings (SSSR count). The number of anilines is 1. The van der Waals surface area contributed by atoms with Crippen LogP contribution >= 0.6 is 34.5 Å². The maximum absolute atomic E-state index is 12.7. The molecule has 0 radical (unpaired) electrons. The monoisotopic (exact) mass is 409 g/mol. The lowest BCUT2D eigenvalue weighted by Gasteiger charge is -2.08. The number of hydrogen-bond donors (Lipinski definition) is 1. The zero-order chi connectivity index (χ0) is 18.8. The molecule has 8 heteroatoms. The minimum atomic E-state index is -0.524. The second-order valence-electron chi connectivity index (χ2n) is 5.25. The summed E-state index contributed by atoms with van der Waals surface area (Å²) in [6, 6.07) is 9.90. The summed E-state index contributed by atoms with van der Waals surface area (Å²) in [5.41, 5.74) is 0.574. The molecule has 1 aromatic heterocycles. The average Bonchev–Trinajstić information content (AvgIpc) is 2.99. The van der Waals surface area contributed by atoms with Gasteiger partial charge in [0.2, 0.25) is 0 Å². The number of nitrogens with one attached hydrogen (secondary N) is 1. The van der Waals surface area contributed by atoms with E-state index in [9.17, 15) is 9.59 Å². The molecule has 0 atom stereocenters. The van der Waals surface area contributed by atoms with Gasteiger partial charge in [0.1, 0.15) is 10.6 Å². The van der Waals surface area contributed by atoms with E-state index in [-0.39, 0.29) is 5.56 Å². The summed E-state index contributed by atoms with van der Waals surface area (Å²) in [6.07, 6.45) is 0. The average molecular weight is 410 g/mol. The summed E-state index contributed by atoms with van der Waals surface area (Å²) < 4.78 is 10.7. The molecule has 0 saturated heterocycles. The number of methoxy groups -OCH3 is 2. The minimum absolute atomic E-state index is 0.277. The van der Waals surface area contributed by atoms with Crippen molar-refractivity contribution in [3.63, 3.8) is 0 Å². The second kappa shape index (κ2) is 7.53. The Morgan fingerprint density at radius 1 is 1.08 bits per heavy atom. The molecule has 0 fully saturated rings. The number of fused-ring (bicyclic) bond motifs is 1. The lowest BCUT2D eigenvalue weighted by atomic mass is 10.2. The molecule has 26 heavy (non-hydrogen) atoms. The molecule has 1 heterocycles. The van der Waals surface area contributed by atoms with E-state index in [1.54, 1.807) is 19.2 Å². The highest BCUT2D eigenvalue weighted by atomic mass is 35.5. The molecule has 0 aliphatic rings. The van der Waals surface area contributed by atoms with E-state index < -0.39 is 11.9 Å². The fourth-order valence-corrected chi connectivity index (χ4v) is 3.91. The van der Waals surface area contributed by atoms with Gasteiger partial charge in [-0.1, -0.05) is 23.2 Å². The highest BCUT2D eigenvalue weighted by Gasteiger charge is 2.19. The normalized spacial score (nSPS) is 10.6. The van der Waals surface area contributed by atoms with Crippen molar-refractivity contribution in [2.45, 2.75) is 0 Å². The molecule has 0 saturated carbocycles. The van der Waals surface area contributed by atoms with Crippen LogP contribution in [0.3, 0.4) is 0 Å². The first-order valence-electron chi connectivity index (χ1n) is 7.40. The number of carbonyl (C=O) groups is 2. The zero-order valence-electron chi connectivity index (χ0n) is 13.8. The van der Waals surface area contributed by atoms with Crippen molar-refractivity contribution in [1.29, 1.82) is 0 Å². The molecule has 0 spiro atoms. The van der Waals surface area contributed by atoms with Crippen molar-refractivity contribution >= 4 is 62.2 Å². The fourth-order valence-electron chi connectivity index (χ4n) is 2.36. The lowest BCUT2D eigenvalue weighted by molar-refractivity contribution is 0.0600. The third kappa shape index (κ3) is 3.49. The third-order valence-corrected chi connectivity index (χ3v) is 5.68. The summed E-state index contributed by atoms with van der Waals surface area (Å²) in [4.78, 5) is 24.7. The van der Waals surface area contributed by atoms with E-state index in [2.05, 4.69) is 10.1 Å². The summed E-state index contributed by atoms with van der Waals surface area (Å²) >= 11 is 13.8. The molecule has 0 bridgehead atoms. The summed E-state index contributed by atoms with van der Waals surface area (Å²) in [5, 5.41) is 4.06. The fraction of sp³-hybridized carbons (Fsp3) is 0.111. The quantitative estimate of drug-likeness (QED) is 0.597. The van der Waals surface area contributed by atoms with E-state index in [4.69, 9.17) is 27.9 Å².